The van der Waals surface area contributed by atoms with Gasteiger partial charge >= 0.3 is 18.0 Å². The predicted octanol–water partition coefficient (Wildman–Crippen LogP) is 3.97. The molecule has 0 spiro atoms. The molecule has 1 aromatic carbocycles. The van der Waals surface area contributed by atoms with Crippen molar-refractivity contribution in [2.45, 2.75) is 61.7 Å². The Bertz CT molecular complexity index is 806. The van der Waals surface area contributed by atoms with Gasteiger partial charge in [0.05, 0.1) is 6.04 Å². The summed E-state index contributed by atoms with van der Waals surface area (Å²) in [5, 5.41) is 2.78. The Morgan fingerprint density at radius 1 is 0.966 bits per heavy atom. The highest BCUT2D eigenvalue weighted by molar-refractivity contribution is 5.83. The van der Waals surface area contributed by atoms with Gasteiger partial charge in [0.25, 0.3) is 0 Å². The van der Waals surface area contributed by atoms with Crippen molar-refractivity contribution >= 4 is 5.91 Å². The van der Waals surface area contributed by atoms with E-state index < -0.39 is 23.6 Å². The maximum atomic E-state index is 14.4. The van der Waals surface area contributed by atoms with Crippen LogP contribution in [-0.4, -0.2) is 48.3 Å². The number of rotatable bonds is 2. The number of nitrogens with zero attached hydrogens (tertiary/aromatic N) is 1. The molecule has 2 heterocycles. The molecule has 0 aromatic heterocycles. The number of amides is 1. The smallest absolute Gasteiger partial charge is 0.355 e. The highest BCUT2D eigenvalue weighted by atomic mass is 19.4. The van der Waals surface area contributed by atoms with Gasteiger partial charge in [-0.3, -0.25) is 9.69 Å². The Hall–Kier alpha value is -1.84. The second-order valence-electron chi connectivity index (χ2n) is 7.90. The van der Waals surface area contributed by atoms with Gasteiger partial charge in [-0.05, 0) is 43.4 Å². The van der Waals surface area contributed by atoms with E-state index >= 15 is 0 Å². The normalized spacial score (nSPS) is 28.2. The van der Waals surface area contributed by atoms with Crippen molar-refractivity contribution in [2.75, 3.05) is 13.1 Å². The number of halogens is 7. The molecule has 4 rings (SSSR count). The van der Waals surface area contributed by atoms with Crippen molar-refractivity contribution in [1.29, 1.82) is 0 Å². The molecule has 1 aromatic rings. The van der Waals surface area contributed by atoms with Gasteiger partial charge < -0.3 is 5.32 Å². The van der Waals surface area contributed by atoms with Gasteiger partial charge in [-0.1, -0.05) is 18.2 Å². The fourth-order valence-electron chi connectivity index (χ4n) is 5.08. The van der Waals surface area contributed by atoms with Crippen LogP contribution in [0.25, 0.3) is 0 Å². The minimum absolute atomic E-state index is 0.00238. The third kappa shape index (κ3) is 3.02. The summed E-state index contributed by atoms with van der Waals surface area (Å²) >= 11 is 0. The SMILES string of the molecule is O=C1NCC[C@H]1N1CC[C@H]2c3ccc(C(F)(C(F)(F)F)C(F)(F)F)cc3CC[C@H]21. The van der Waals surface area contributed by atoms with Gasteiger partial charge in [0, 0.05) is 24.1 Å². The van der Waals surface area contributed by atoms with Crippen LogP contribution in [0.3, 0.4) is 0 Å². The molecule has 3 atom stereocenters. The van der Waals surface area contributed by atoms with Crippen molar-refractivity contribution in [2.24, 2.45) is 0 Å². The second kappa shape index (κ2) is 6.58. The van der Waals surface area contributed by atoms with E-state index in [4.69, 9.17) is 0 Å². The molecule has 2 fully saturated rings. The first-order valence-corrected chi connectivity index (χ1v) is 9.44. The Morgan fingerprint density at radius 2 is 1.66 bits per heavy atom. The Kier molecular flexibility index (Phi) is 4.64. The predicted molar refractivity (Wildman–Crippen MR) is 88.9 cm³/mol. The molecular formula is C19H19F7N2O. The largest absolute Gasteiger partial charge is 0.435 e. The van der Waals surface area contributed by atoms with E-state index in [0.717, 1.165) is 6.07 Å². The zero-order chi connectivity index (χ0) is 21.2. The lowest BCUT2D eigenvalue weighted by molar-refractivity contribution is -0.348. The molecule has 160 valence electrons. The number of likely N-dealkylation sites (tertiary alicyclic amines) is 1. The van der Waals surface area contributed by atoms with Crippen LogP contribution < -0.4 is 5.32 Å². The van der Waals surface area contributed by atoms with Crippen LogP contribution >= 0.6 is 0 Å². The summed E-state index contributed by atoms with van der Waals surface area (Å²) in [5.74, 6) is -0.142. The zero-order valence-electron chi connectivity index (χ0n) is 15.2. The Morgan fingerprint density at radius 3 is 2.24 bits per heavy atom. The van der Waals surface area contributed by atoms with Gasteiger partial charge in [-0.25, -0.2) is 4.39 Å². The summed E-state index contributed by atoms with van der Waals surface area (Å²) in [6.07, 6.45) is -10.2. The first kappa shape index (κ1) is 20.4. The number of aryl methyl sites for hydroxylation is 1. The molecular weight excluding hydrogens is 405 g/mol. The number of benzene rings is 1. The molecule has 29 heavy (non-hydrogen) atoms. The van der Waals surface area contributed by atoms with E-state index in [1.807, 2.05) is 0 Å². The molecule has 2 aliphatic heterocycles. The van der Waals surface area contributed by atoms with Gasteiger partial charge in [0.1, 0.15) is 0 Å². The van der Waals surface area contributed by atoms with Crippen LogP contribution in [0.1, 0.15) is 41.9 Å². The van der Waals surface area contributed by atoms with E-state index in [9.17, 15) is 35.5 Å². The maximum Gasteiger partial charge on any atom is 0.435 e. The zero-order valence-corrected chi connectivity index (χ0v) is 15.2. The van der Waals surface area contributed by atoms with Crippen LogP contribution in [0.5, 0.6) is 0 Å². The van der Waals surface area contributed by atoms with E-state index in [1.165, 1.54) is 6.07 Å². The van der Waals surface area contributed by atoms with E-state index in [2.05, 4.69) is 10.2 Å². The molecule has 0 unspecified atom stereocenters. The molecule has 0 radical (unpaired) electrons. The number of alkyl halides is 7. The van der Waals surface area contributed by atoms with Crippen LogP contribution in [0, 0.1) is 0 Å². The number of nitrogens with one attached hydrogen (secondary N) is 1. The average molecular weight is 424 g/mol. The first-order valence-electron chi connectivity index (χ1n) is 9.44. The van der Waals surface area contributed by atoms with Crippen molar-refractivity contribution in [3.8, 4) is 0 Å². The highest BCUT2D eigenvalue weighted by Gasteiger charge is 2.73. The van der Waals surface area contributed by atoms with Crippen LogP contribution in [0.4, 0.5) is 30.7 Å². The monoisotopic (exact) mass is 424 g/mol. The number of hydrogen-bond donors (Lipinski definition) is 1. The number of fused-ring (bicyclic) bond motifs is 3. The van der Waals surface area contributed by atoms with Gasteiger partial charge in [-0.15, -0.1) is 0 Å². The lowest BCUT2D eigenvalue weighted by atomic mass is 9.77. The van der Waals surface area contributed by atoms with E-state index in [1.54, 1.807) is 0 Å². The summed E-state index contributed by atoms with van der Waals surface area (Å²) in [7, 11) is 0. The average Bonchev–Trinajstić information content (AvgIpc) is 3.24. The van der Waals surface area contributed by atoms with Crippen LogP contribution in [0.15, 0.2) is 18.2 Å². The molecule has 3 nitrogen and oxygen atoms in total. The fraction of sp³-hybridized carbons (Fsp3) is 0.632. The fourth-order valence-corrected chi connectivity index (χ4v) is 5.08. The first-order chi connectivity index (χ1) is 13.4. The second-order valence-corrected chi connectivity index (χ2v) is 7.90. The topological polar surface area (TPSA) is 32.3 Å². The minimum Gasteiger partial charge on any atom is -0.355 e. The maximum absolute atomic E-state index is 14.4. The number of carbonyl (C=O) groups excluding carboxylic acids is 1. The van der Waals surface area contributed by atoms with Gasteiger partial charge in [0.15, 0.2) is 0 Å². The van der Waals surface area contributed by atoms with Crippen molar-refractivity contribution in [1.82, 2.24) is 10.2 Å². The van der Waals surface area contributed by atoms with Crippen molar-refractivity contribution in [3.63, 3.8) is 0 Å². The Labute approximate surface area is 162 Å². The number of hydrogen-bond acceptors (Lipinski definition) is 2. The van der Waals surface area contributed by atoms with Crippen LogP contribution in [-0.2, 0) is 16.9 Å². The summed E-state index contributed by atoms with van der Waals surface area (Å²) in [5.41, 5.74) is -5.87. The molecule has 1 amide bonds. The lowest BCUT2D eigenvalue weighted by Gasteiger charge is -2.36. The number of carbonyl (C=O) groups is 1. The van der Waals surface area contributed by atoms with Crippen molar-refractivity contribution in [3.05, 3.63) is 34.9 Å². The third-order valence-corrected chi connectivity index (χ3v) is 6.44. The van der Waals surface area contributed by atoms with E-state index in [-0.39, 0.29) is 30.3 Å². The molecule has 0 saturated carbocycles. The van der Waals surface area contributed by atoms with Gasteiger partial charge in [0.2, 0.25) is 5.91 Å². The standard InChI is InChI=1S/C19H19F7N2O/c20-17(18(21,22)23,19(24,25)26)11-2-3-12-10(9-11)1-4-14-13(12)6-8-28(14)15-5-7-27-16(15)29/h2-3,9,13-15H,1,4-8H2,(H,27,29)/t13-,14+,15+/m0/s1. The summed E-state index contributed by atoms with van der Waals surface area (Å²) in [6, 6.07) is 2.28. The molecule has 10 heteroatoms. The van der Waals surface area contributed by atoms with E-state index in [0.29, 0.717) is 49.5 Å². The lowest BCUT2D eigenvalue weighted by Crippen LogP contribution is -2.50. The summed E-state index contributed by atoms with van der Waals surface area (Å²) in [4.78, 5) is 14.1. The minimum atomic E-state index is -6.11. The molecule has 2 saturated heterocycles. The van der Waals surface area contributed by atoms with Crippen molar-refractivity contribution < 1.29 is 35.5 Å². The third-order valence-electron chi connectivity index (χ3n) is 6.44. The molecule has 0 bridgehead atoms. The van der Waals surface area contributed by atoms with Crippen LogP contribution in [0.2, 0.25) is 0 Å². The Balaban J connectivity index is 1.66. The quantitative estimate of drug-likeness (QED) is 0.729. The molecule has 1 N–H and O–H groups in total. The van der Waals surface area contributed by atoms with Gasteiger partial charge in [-0.2, -0.15) is 26.3 Å². The summed E-state index contributed by atoms with van der Waals surface area (Å²) < 4.78 is 92.7. The summed E-state index contributed by atoms with van der Waals surface area (Å²) in [6.45, 7) is 1.22. The molecule has 3 aliphatic rings. The highest BCUT2D eigenvalue weighted by Crippen LogP contribution is 2.54. The molecule has 1 aliphatic carbocycles.